The number of sulfonamides is 1. The maximum absolute atomic E-state index is 11.3. The van der Waals surface area contributed by atoms with Gasteiger partial charge in [-0.3, -0.25) is 4.79 Å². The first-order chi connectivity index (χ1) is 7.32. The normalized spacial score (nSPS) is 13.2. The van der Waals surface area contributed by atoms with Crippen LogP contribution in [-0.2, 0) is 14.8 Å². The van der Waals surface area contributed by atoms with E-state index in [2.05, 4.69) is 5.32 Å². The fourth-order valence-corrected chi connectivity index (χ4v) is 1.76. The molecular formula is C9H13N3O3S. The molecule has 6 nitrogen and oxygen atoms in total. The van der Waals surface area contributed by atoms with Crippen molar-refractivity contribution >= 4 is 21.6 Å². The third kappa shape index (κ3) is 3.02. The lowest BCUT2D eigenvalue weighted by molar-refractivity contribution is -0.117. The van der Waals surface area contributed by atoms with Crippen LogP contribution in [0.3, 0.4) is 0 Å². The zero-order valence-corrected chi connectivity index (χ0v) is 9.49. The molecule has 1 aromatic carbocycles. The van der Waals surface area contributed by atoms with E-state index in [1.165, 1.54) is 25.1 Å². The third-order valence-corrected chi connectivity index (χ3v) is 2.83. The van der Waals surface area contributed by atoms with E-state index >= 15 is 0 Å². The lowest BCUT2D eigenvalue weighted by Crippen LogP contribution is -2.33. The highest BCUT2D eigenvalue weighted by molar-refractivity contribution is 7.89. The minimum absolute atomic E-state index is 0.132. The average molecular weight is 243 g/mol. The van der Waals surface area contributed by atoms with Crippen molar-refractivity contribution in [3.8, 4) is 0 Å². The molecule has 0 radical (unpaired) electrons. The number of benzene rings is 1. The van der Waals surface area contributed by atoms with Crippen molar-refractivity contribution in [3.05, 3.63) is 24.3 Å². The highest BCUT2D eigenvalue weighted by Crippen LogP contribution is 2.19. The minimum atomic E-state index is -3.86. The van der Waals surface area contributed by atoms with Gasteiger partial charge in [-0.25, -0.2) is 13.6 Å². The summed E-state index contributed by atoms with van der Waals surface area (Å²) in [6, 6.07) is 5.13. The van der Waals surface area contributed by atoms with Crippen LogP contribution in [0.25, 0.3) is 0 Å². The maximum atomic E-state index is 11.3. The number of rotatable bonds is 3. The van der Waals surface area contributed by atoms with Gasteiger partial charge in [-0.1, -0.05) is 12.1 Å². The van der Waals surface area contributed by atoms with Crippen LogP contribution in [0.2, 0.25) is 0 Å². The number of nitrogens with two attached hydrogens (primary N) is 2. The van der Waals surface area contributed by atoms with Gasteiger partial charge in [0.1, 0.15) is 4.90 Å². The molecule has 1 rings (SSSR count). The number of primary sulfonamides is 1. The quantitative estimate of drug-likeness (QED) is 0.671. The fourth-order valence-electron chi connectivity index (χ4n) is 1.06. The van der Waals surface area contributed by atoms with Crippen molar-refractivity contribution in [1.82, 2.24) is 0 Å². The van der Waals surface area contributed by atoms with Crippen LogP contribution in [0.1, 0.15) is 6.92 Å². The molecule has 0 unspecified atom stereocenters. The van der Waals surface area contributed by atoms with Gasteiger partial charge in [0.05, 0.1) is 11.7 Å². The molecule has 1 atom stereocenters. The van der Waals surface area contributed by atoms with Crippen LogP contribution in [0.4, 0.5) is 5.69 Å². The van der Waals surface area contributed by atoms with Gasteiger partial charge in [-0.05, 0) is 19.1 Å². The van der Waals surface area contributed by atoms with E-state index in [4.69, 9.17) is 10.9 Å². The Labute approximate surface area is 93.7 Å². The van der Waals surface area contributed by atoms with Crippen LogP contribution >= 0.6 is 0 Å². The van der Waals surface area contributed by atoms with E-state index in [0.29, 0.717) is 0 Å². The Kier molecular flexibility index (Phi) is 3.63. The van der Waals surface area contributed by atoms with Gasteiger partial charge in [0.2, 0.25) is 15.9 Å². The minimum Gasteiger partial charge on any atom is -0.324 e. The second-order valence-electron chi connectivity index (χ2n) is 3.32. The van der Waals surface area contributed by atoms with Gasteiger partial charge < -0.3 is 11.1 Å². The number of amides is 1. The summed E-state index contributed by atoms with van der Waals surface area (Å²) < 4.78 is 22.4. The number of carbonyl (C=O) groups excluding carboxylic acids is 1. The van der Waals surface area contributed by atoms with Crippen molar-refractivity contribution in [2.45, 2.75) is 17.9 Å². The van der Waals surface area contributed by atoms with Crippen molar-refractivity contribution < 1.29 is 13.2 Å². The van der Waals surface area contributed by atoms with Crippen LogP contribution in [0.15, 0.2) is 29.2 Å². The number of hydrogen-bond acceptors (Lipinski definition) is 4. The molecule has 0 aliphatic carbocycles. The van der Waals surface area contributed by atoms with Crippen molar-refractivity contribution in [2.24, 2.45) is 10.9 Å². The predicted octanol–water partition coefficient (Wildman–Crippen LogP) is -0.380. The summed E-state index contributed by atoms with van der Waals surface area (Å²) in [5.41, 5.74) is 5.48. The molecule has 0 saturated carbocycles. The summed E-state index contributed by atoms with van der Waals surface area (Å²) in [5, 5.41) is 7.39. The summed E-state index contributed by atoms with van der Waals surface area (Å²) in [5.74, 6) is -0.476. The molecule has 88 valence electrons. The summed E-state index contributed by atoms with van der Waals surface area (Å²) in [4.78, 5) is 11.2. The Bertz CT molecular complexity index is 496. The van der Waals surface area contributed by atoms with Gasteiger partial charge in [0, 0.05) is 0 Å². The summed E-state index contributed by atoms with van der Waals surface area (Å²) >= 11 is 0. The monoisotopic (exact) mass is 243 g/mol. The number of para-hydroxylation sites is 1. The first-order valence-corrected chi connectivity index (χ1v) is 6.05. The largest absolute Gasteiger partial charge is 0.324 e. The standard InChI is InChI=1S/C9H13N3O3S/c1-6(10)9(13)12-7-4-2-3-5-8(7)16(11,14)15/h2-6H,10H2,1H3,(H,12,13)(H2,11,14,15)/t6-/m1/s1. The Morgan fingerprint density at radius 3 is 2.44 bits per heavy atom. The summed E-state index contributed by atoms with van der Waals surface area (Å²) in [6.07, 6.45) is 0. The molecule has 16 heavy (non-hydrogen) atoms. The first-order valence-electron chi connectivity index (χ1n) is 4.50. The van der Waals surface area contributed by atoms with Crippen LogP contribution in [0, 0.1) is 0 Å². The van der Waals surface area contributed by atoms with Crippen molar-refractivity contribution in [2.75, 3.05) is 5.32 Å². The lowest BCUT2D eigenvalue weighted by atomic mass is 10.3. The van der Waals surface area contributed by atoms with E-state index in [-0.39, 0.29) is 10.6 Å². The van der Waals surface area contributed by atoms with E-state index in [0.717, 1.165) is 0 Å². The average Bonchev–Trinajstić information content (AvgIpc) is 2.16. The maximum Gasteiger partial charge on any atom is 0.241 e. The van der Waals surface area contributed by atoms with E-state index in [1.807, 2.05) is 0 Å². The molecule has 1 amide bonds. The van der Waals surface area contributed by atoms with Gasteiger partial charge in [0.25, 0.3) is 0 Å². The molecule has 0 saturated heterocycles. The van der Waals surface area contributed by atoms with E-state index < -0.39 is 22.0 Å². The number of hydrogen-bond donors (Lipinski definition) is 3. The van der Waals surface area contributed by atoms with Crippen LogP contribution in [0.5, 0.6) is 0 Å². The second-order valence-corrected chi connectivity index (χ2v) is 4.85. The van der Waals surface area contributed by atoms with Gasteiger partial charge in [-0.15, -0.1) is 0 Å². The molecule has 0 aromatic heterocycles. The lowest BCUT2D eigenvalue weighted by Gasteiger charge is -2.10. The Hall–Kier alpha value is -1.44. The van der Waals surface area contributed by atoms with Gasteiger partial charge in [-0.2, -0.15) is 0 Å². The van der Waals surface area contributed by atoms with Crippen molar-refractivity contribution in [3.63, 3.8) is 0 Å². The van der Waals surface area contributed by atoms with Gasteiger partial charge >= 0.3 is 0 Å². The molecule has 0 fully saturated rings. The zero-order chi connectivity index (χ0) is 12.3. The molecular weight excluding hydrogens is 230 g/mol. The molecule has 1 aromatic rings. The molecule has 5 N–H and O–H groups in total. The number of anilines is 1. The van der Waals surface area contributed by atoms with E-state index in [9.17, 15) is 13.2 Å². The predicted molar refractivity (Wildman–Crippen MR) is 60.1 cm³/mol. The Morgan fingerprint density at radius 2 is 1.94 bits per heavy atom. The Morgan fingerprint density at radius 1 is 1.38 bits per heavy atom. The molecule has 0 heterocycles. The molecule has 0 bridgehead atoms. The number of nitrogens with one attached hydrogen (secondary N) is 1. The number of carbonyl (C=O) groups is 1. The topological polar surface area (TPSA) is 115 Å². The van der Waals surface area contributed by atoms with Crippen LogP contribution in [-0.4, -0.2) is 20.4 Å². The molecule has 0 aliphatic heterocycles. The molecule has 0 spiro atoms. The van der Waals surface area contributed by atoms with E-state index in [1.54, 1.807) is 6.07 Å². The van der Waals surface area contributed by atoms with Gasteiger partial charge in [0.15, 0.2) is 0 Å². The molecule has 0 aliphatic rings. The molecule has 7 heteroatoms. The fraction of sp³-hybridized carbons (Fsp3) is 0.222. The summed E-state index contributed by atoms with van der Waals surface area (Å²) in [6.45, 7) is 1.49. The second kappa shape index (κ2) is 4.60. The zero-order valence-electron chi connectivity index (χ0n) is 8.67. The highest BCUT2D eigenvalue weighted by Gasteiger charge is 2.16. The summed E-state index contributed by atoms with van der Waals surface area (Å²) in [7, 11) is -3.86. The first kappa shape index (κ1) is 12.6. The third-order valence-electron chi connectivity index (χ3n) is 1.87. The Balaban J connectivity index is 3.11. The van der Waals surface area contributed by atoms with Crippen LogP contribution < -0.4 is 16.2 Å². The highest BCUT2D eigenvalue weighted by atomic mass is 32.2. The smallest absolute Gasteiger partial charge is 0.241 e. The SMILES string of the molecule is C[C@@H](N)C(=O)Nc1ccccc1S(N)(=O)=O. The van der Waals surface area contributed by atoms with Crippen molar-refractivity contribution in [1.29, 1.82) is 0 Å².